The van der Waals surface area contributed by atoms with E-state index in [1.54, 1.807) is 17.1 Å². The van der Waals surface area contributed by atoms with Crippen LogP contribution in [0.4, 0.5) is 0 Å². The zero-order valence-corrected chi connectivity index (χ0v) is 12.4. The summed E-state index contributed by atoms with van der Waals surface area (Å²) in [6.45, 7) is 5.28. The molecule has 0 bridgehead atoms. The maximum atomic E-state index is 12.4. The van der Waals surface area contributed by atoms with Crippen LogP contribution in [0.3, 0.4) is 0 Å². The first-order chi connectivity index (χ1) is 9.58. The minimum atomic E-state index is -0.295. The second kappa shape index (κ2) is 6.09. The molecule has 0 saturated carbocycles. The van der Waals surface area contributed by atoms with Gasteiger partial charge in [-0.1, -0.05) is 24.4 Å². The molecule has 20 heavy (non-hydrogen) atoms. The Hall–Kier alpha value is -1.82. The van der Waals surface area contributed by atoms with Gasteiger partial charge < -0.3 is 10.2 Å². The van der Waals surface area contributed by atoms with E-state index in [4.69, 9.17) is 12.2 Å². The maximum Gasteiger partial charge on any atom is 0.254 e. The molecule has 0 aromatic rings. The molecule has 1 heterocycles. The van der Waals surface area contributed by atoms with Crippen LogP contribution >= 0.6 is 12.2 Å². The van der Waals surface area contributed by atoms with Crippen LogP contribution in [0.25, 0.3) is 0 Å². The van der Waals surface area contributed by atoms with Crippen LogP contribution in [0.2, 0.25) is 0 Å². The lowest BCUT2D eigenvalue weighted by Crippen LogP contribution is -2.39. The standard InChI is InChI=1S/C14H17N3O2S/c1-3-17(4-2)14(19)10-7-5-6-9(12(10)20)13-15-8-11(18)16-13/h5-7,9H,3-4,8H2,1-2H3,(H,15,16,18). The first kappa shape index (κ1) is 14.6. The molecule has 2 amide bonds. The largest absolute Gasteiger partial charge is 0.339 e. The first-order valence-electron chi connectivity index (χ1n) is 6.64. The fourth-order valence-corrected chi connectivity index (χ4v) is 2.57. The second-order valence-corrected chi connectivity index (χ2v) is 4.97. The van der Waals surface area contributed by atoms with Gasteiger partial charge in [-0.05, 0) is 19.9 Å². The van der Waals surface area contributed by atoms with Crippen LogP contribution in [-0.4, -0.2) is 47.0 Å². The van der Waals surface area contributed by atoms with Crippen molar-refractivity contribution in [3.05, 3.63) is 23.8 Å². The summed E-state index contributed by atoms with van der Waals surface area (Å²) >= 11 is 5.42. The van der Waals surface area contributed by atoms with Crippen molar-refractivity contribution in [2.24, 2.45) is 10.9 Å². The molecule has 106 valence electrons. The SMILES string of the molecule is CCN(CC)C(=O)C1=CC=CC(C2=NCC(=O)N2)C1=S. The summed E-state index contributed by atoms with van der Waals surface area (Å²) in [4.78, 5) is 30.0. The van der Waals surface area contributed by atoms with Gasteiger partial charge in [0.1, 0.15) is 12.4 Å². The summed E-state index contributed by atoms with van der Waals surface area (Å²) in [5, 5.41) is 2.69. The Balaban J connectivity index is 2.19. The summed E-state index contributed by atoms with van der Waals surface area (Å²) in [6, 6.07) is 0. The monoisotopic (exact) mass is 291 g/mol. The van der Waals surface area contributed by atoms with E-state index in [0.29, 0.717) is 29.4 Å². The van der Waals surface area contributed by atoms with Crippen LogP contribution in [0.1, 0.15) is 13.8 Å². The Morgan fingerprint density at radius 1 is 1.50 bits per heavy atom. The van der Waals surface area contributed by atoms with Crippen molar-refractivity contribution in [3.63, 3.8) is 0 Å². The smallest absolute Gasteiger partial charge is 0.254 e. The highest BCUT2D eigenvalue weighted by atomic mass is 32.1. The predicted octanol–water partition coefficient (Wildman–Crippen LogP) is 0.865. The van der Waals surface area contributed by atoms with Crippen LogP contribution in [-0.2, 0) is 9.59 Å². The van der Waals surface area contributed by atoms with E-state index in [1.807, 2.05) is 19.9 Å². The third-order valence-electron chi connectivity index (χ3n) is 3.35. The van der Waals surface area contributed by atoms with Gasteiger partial charge in [-0.15, -0.1) is 0 Å². The van der Waals surface area contributed by atoms with Gasteiger partial charge in [0.25, 0.3) is 5.91 Å². The normalized spacial score (nSPS) is 21.4. The van der Waals surface area contributed by atoms with Gasteiger partial charge in [0.15, 0.2) is 0 Å². The third kappa shape index (κ3) is 2.70. The van der Waals surface area contributed by atoms with Gasteiger partial charge in [0.2, 0.25) is 5.91 Å². The molecule has 6 heteroatoms. The number of carbonyl (C=O) groups is 2. The Labute approximate surface area is 123 Å². The molecule has 1 aliphatic heterocycles. The van der Waals surface area contributed by atoms with Gasteiger partial charge in [-0.25, -0.2) is 0 Å². The Morgan fingerprint density at radius 2 is 2.20 bits per heavy atom. The Morgan fingerprint density at radius 3 is 2.75 bits per heavy atom. The number of nitrogens with zero attached hydrogens (tertiary/aromatic N) is 2. The fourth-order valence-electron chi connectivity index (χ4n) is 2.23. The molecule has 5 nitrogen and oxygen atoms in total. The molecule has 2 rings (SSSR count). The average Bonchev–Trinajstić information content (AvgIpc) is 2.86. The highest BCUT2D eigenvalue weighted by Crippen LogP contribution is 2.20. The molecule has 0 saturated heterocycles. The van der Waals surface area contributed by atoms with E-state index in [2.05, 4.69) is 10.3 Å². The van der Waals surface area contributed by atoms with Crippen molar-refractivity contribution in [2.75, 3.05) is 19.6 Å². The van der Waals surface area contributed by atoms with Gasteiger partial charge >= 0.3 is 0 Å². The van der Waals surface area contributed by atoms with Gasteiger partial charge in [-0.2, -0.15) is 0 Å². The van der Waals surface area contributed by atoms with Crippen LogP contribution in [0, 0.1) is 5.92 Å². The van der Waals surface area contributed by atoms with Crippen molar-refractivity contribution in [1.82, 2.24) is 10.2 Å². The average molecular weight is 291 g/mol. The Bertz CT molecular complexity index is 545. The predicted molar refractivity (Wildman–Crippen MR) is 81.7 cm³/mol. The van der Waals surface area contributed by atoms with E-state index in [9.17, 15) is 9.59 Å². The molecule has 2 aliphatic rings. The Kier molecular flexibility index (Phi) is 4.44. The lowest BCUT2D eigenvalue weighted by atomic mass is 9.92. The molecule has 0 radical (unpaired) electrons. The second-order valence-electron chi connectivity index (χ2n) is 4.53. The molecular formula is C14H17N3O2S. The third-order valence-corrected chi connectivity index (χ3v) is 3.82. The number of amidine groups is 1. The summed E-state index contributed by atoms with van der Waals surface area (Å²) in [5.74, 6) is 0.0341. The molecule has 0 aromatic carbocycles. The molecule has 1 unspecified atom stereocenters. The molecule has 0 aromatic heterocycles. The molecule has 0 spiro atoms. The number of rotatable bonds is 4. The minimum absolute atomic E-state index is 0.0701. The van der Waals surface area contributed by atoms with Crippen molar-refractivity contribution in [3.8, 4) is 0 Å². The number of aliphatic imine (C=N–C) groups is 1. The van der Waals surface area contributed by atoms with Crippen LogP contribution < -0.4 is 5.32 Å². The molecule has 1 aliphatic carbocycles. The number of nitrogens with one attached hydrogen (secondary N) is 1. The number of hydrogen-bond acceptors (Lipinski definition) is 4. The van der Waals surface area contributed by atoms with Crippen molar-refractivity contribution >= 4 is 34.7 Å². The number of carbonyl (C=O) groups excluding carboxylic acids is 2. The van der Waals surface area contributed by atoms with Gasteiger partial charge in [0.05, 0.1) is 11.5 Å². The number of amides is 2. The zero-order chi connectivity index (χ0) is 14.7. The van der Waals surface area contributed by atoms with E-state index in [-0.39, 0.29) is 24.3 Å². The van der Waals surface area contributed by atoms with Crippen LogP contribution in [0.5, 0.6) is 0 Å². The zero-order valence-electron chi connectivity index (χ0n) is 11.5. The van der Waals surface area contributed by atoms with Crippen molar-refractivity contribution in [2.45, 2.75) is 13.8 Å². The molecular weight excluding hydrogens is 274 g/mol. The number of thiocarbonyl (C=S) groups is 1. The van der Waals surface area contributed by atoms with E-state index >= 15 is 0 Å². The lowest BCUT2D eigenvalue weighted by molar-refractivity contribution is -0.126. The summed E-state index contributed by atoms with van der Waals surface area (Å²) in [7, 11) is 0. The van der Waals surface area contributed by atoms with E-state index in [0.717, 1.165) is 0 Å². The van der Waals surface area contributed by atoms with Crippen molar-refractivity contribution < 1.29 is 9.59 Å². The van der Waals surface area contributed by atoms with Crippen molar-refractivity contribution in [1.29, 1.82) is 0 Å². The quantitative estimate of drug-likeness (QED) is 0.782. The van der Waals surface area contributed by atoms with E-state index < -0.39 is 0 Å². The molecule has 1 atom stereocenters. The first-order valence-corrected chi connectivity index (χ1v) is 7.05. The number of hydrogen-bond donors (Lipinski definition) is 1. The summed E-state index contributed by atoms with van der Waals surface area (Å²) in [5.41, 5.74) is 0.514. The van der Waals surface area contributed by atoms with Crippen LogP contribution in [0.15, 0.2) is 28.8 Å². The van der Waals surface area contributed by atoms with E-state index in [1.165, 1.54) is 0 Å². The lowest BCUT2D eigenvalue weighted by Gasteiger charge is -2.24. The fraction of sp³-hybridized carbons (Fsp3) is 0.429. The highest BCUT2D eigenvalue weighted by Gasteiger charge is 2.31. The minimum Gasteiger partial charge on any atom is -0.339 e. The topological polar surface area (TPSA) is 61.8 Å². The highest BCUT2D eigenvalue weighted by molar-refractivity contribution is 7.81. The molecule has 1 N–H and O–H groups in total. The number of allylic oxidation sites excluding steroid dienone is 2. The van der Waals surface area contributed by atoms with Gasteiger partial charge in [-0.3, -0.25) is 14.6 Å². The maximum absolute atomic E-state index is 12.4. The molecule has 0 fully saturated rings. The summed E-state index contributed by atoms with van der Waals surface area (Å²) < 4.78 is 0. The van der Waals surface area contributed by atoms with Gasteiger partial charge in [0, 0.05) is 18.0 Å². The number of likely N-dealkylation sites (N-methyl/N-ethyl adjacent to an activating group) is 1. The summed E-state index contributed by atoms with van der Waals surface area (Å²) in [6.07, 6.45) is 5.38.